The van der Waals surface area contributed by atoms with Crippen LogP contribution in [0.2, 0.25) is 0 Å². The number of carbonyl (C=O) groups excluding carboxylic acids is 1. The SMILES string of the molecule is Cc1cc(C)cc(OCC(O)COc2ccc(C(=O)c3ccccc3)c(O)c2)c1. The third kappa shape index (κ3) is 5.59. The number of ether oxygens (including phenoxy) is 2. The molecule has 29 heavy (non-hydrogen) atoms. The van der Waals surface area contributed by atoms with E-state index in [2.05, 4.69) is 0 Å². The fraction of sp³-hybridized carbons (Fsp3) is 0.208. The van der Waals surface area contributed by atoms with Gasteiger partial charge < -0.3 is 19.7 Å². The zero-order valence-corrected chi connectivity index (χ0v) is 16.5. The Kier molecular flexibility index (Phi) is 6.52. The molecule has 0 amide bonds. The number of ketones is 1. The Morgan fingerprint density at radius 2 is 1.48 bits per heavy atom. The molecular weight excluding hydrogens is 368 g/mol. The Hall–Kier alpha value is -3.31. The molecule has 0 saturated carbocycles. The molecule has 3 rings (SSSR count). The van der Waals surface area contributed by atoms with Crippen LogP contribution in [-0.4, -0.2) is 35.3 Å². The van der Waals surface area contributed by atoms with E-state index < -0.39 is 6.10 Å². The van der Waals surface area contributed by atoms with Crippen molar-refractivity contribution < 1.29 is 24.5 Å². The summed E-state index contributed by atoms with van der Waals surface area (Å²) in [5, 5.41) is 20.3. The Morgan fingerprint density at radius 3 is 2.10 bits per heavy atom. The van der Waals surface area contributed by atoms with E-state index in [0.29, 0.717) is 17.1 Å². The fourth-order valence-electron chi connectivity index (χ4n) is 2.99. The van der Waals surface area contributed by atoms with Crippen molar-refractivity contribution in [3.8, 4) is 17.2 Å². The van der Waals surface area contributed by atoms with Crippen molar-refractivity contribution in [2.75, 3.05) is 13.2 Å². The lowest BCUT2D eigenvalue weighted by atomic mass is 10.0. The maximum Gasteiger partial charge on any atom is 0.196 e. The second kappa shape index (κ2) is 9.26. The van der Waals surface area contributed by atoms with E-state index in [0.717, 1.165) is 11.1 Å². The molecule has 0 fully saturated rings. The van der Waals surface area contributed by atoms with Crippen molar-refractivity contribution in [3.05, 3.63) is 89.0 Å². The van der Waals surface area contributed by atoms with Crippen LogP contribution >= 0.6 is 0 Å². The van der Waals surface area contributed by atoms with Gasteiger partial charge in [0.25, 0.3) is 0 Å². The van der Waals surface area contributed by atoms with E-state index in [-0.39, 0.29) is 30.3 Å². The summed E-state index contributed by atoms with van der Waals surface area (Å²) in [6, 6.07) is 19.1. The molecule has 1 atom stereocenters. The molecule has 1 unspecified atom stereocenters. The van der Waals surface area contributed by atoms with Crippen LogP contribution in [0.3, 0.4) is 0 Å². The van der Waals surface area contributed by atoms with Crippen LogP contribution in [0, 0.1) is 13.8 Å². The number of phenolic OH excluding ortho intramolecular Hbond substituents is 1. The van der Waals surface area contributed by atoms with Gasteiger partial charge in [0.05, 0.1) is 5.56 Å². The summed E-state index contributed by atoms with van der Waals surface area (Å²) in [6.07, 6.45) is -0.844. The number of aliphatic hydroxyl groups is 1. The summed E-state index contributed by atoms with van der Waals surface area (Å²) >= 11 is 0. The monoisotopic (exact) mass is 392 g/mol. The minimum Gasteiger partial charge on any atom is -0.507 e. The van der Waals surface area contributed by atoms with Gasteiger partial charge in [0.2, 0.25) is 0 Å². The van der Waals surface area contributed by atoms with Gasteiger partial charge in [-0.15, -0.1) is 0 Å². The number of hydrogen-bond donors (Lipinski definition) is 2. The number of aromatic hydroxyl groups is 1. The van der Waals surface area contributed by atoms with Crippen LogP contribution < -0.4 is 9.47 Å². The summed E-state index contributed by atoms with van der Waals surface area (Å²) < 4.78 is 11.1. The van der Waals surface area contributed by atoms with Gasteiger partial charge >= 0.3 is 0 Å². The highest BCUT2D eigenvalue weighted by Crippen LogP contribution is 2.26. The van der Waals surface area contributed by atoms with Crippen LogP contribution in [0.15, 0.2) is 66.7 Å². The molecule has 150 valence electrons. The summed E-state index contributed by atoms with van der Waals surface area (Å²) in [7, 11) is 0. The highest BCUT2D eigenvalue weighted by molar-refractivity contribution is 6.10. The quantitative estimate of drug-likeness (QED) is 0.566. The molecule has 0 spiro atoms. The molecule has 0 aliphatic heterocycles. The van der Waals surface area contributed by atoms with E-state index in [1.807, 2.05) is 38.1 Å². The van der Waals surface area contributed by atoms with Crippen LogP contribution in [0.5, 0.6) is 17.2 Å². The lowest BCUT2D eigenvalue weighted by Crippen LogP contribution is -2.25. The molecule has 0 heterocycles. The third-order valence-electron chi connectivity index (χ3n) is 4.33. The molecule has 0 radical (unpaired) electrons. The Bertz CT molecular complexity index is 962. The topological polar surface area (TPSA) is 76.0 Å². The highest BCUT2D eigenvalue weighted by Gasteiger charge is 2.15. The molecule has 5 heteroatoms. The number of phenols is 1. The molecule has 0 aromatic heterocycles. The zero-order chi connectivity index (χ0) is 20.8. The smallest absolute Gasteiger partial charge is 0.196 e. The lowest BCUT2D eigenvalue weighted by Gasteiger charge is -2.15. The predicted molar refractivity (Wildman–Crippen MR) is 111 cm³/mol. The first-order chi connectivity index (χ1) is 13.9. The Morgan fingerprint density at radius 1 is 0.862 bits per heavy atom. The van der Waals surface area contributed by atoms with Crippen molar-refractivity contribution in [2.24, 2.45) is 0 Å². The van der Waals surface area contributed by atoms with E-state index in [9.17, 15) is 15.0 Å². The zero-order valence-electron chi connectivity index (χ0n) is 16.5. The molecule has 2 N–H and O–H groups in total. The normalized spacial score (nSPS) is 11.7. The molecule has 3 aromatic carbocycles. The second-order valence-electron chi connectivity index (χ2n) is 6.97. The molecule has 3 aromatic rings. The van der Waals surface area contributed by atoms with E-state index in [1.165, 1.54) is 12.1 Å². The Balaban J connectivity index is 1.55. The molecule has 5 nitrogen and oxygen atoms in total. The lowest BCUT2D eigenvalue weighted by molar-refractivity contribution is 0.0625. The number of hydrogen-bond acceptors (Lipinski definition) is 5. The number of rotatable bonds is 8. The summed E-state index contributed by atoms with van der Waals surface area (Å²) in [6.45, 7) is 4.05. The fourth-order valence-corrected chi connectivity index (χ4v) is 2.99. The minimum absolute atomic E-state index is 0.00375. The molecule has 0 bridgehead atoms. The number of aryl methyl sites for hydroxylation is 2. The number of benzene rings is 3. The van der Waals surface area contributed by atoms with E-state index >= 15 is 0 Å². The Labute approximate surface area is 170 Å². The third-order valence-corrected chi connectivity index (χ3v) is 4.33. The van der Waals surface area contributed by atoms with Crippen molar-refractivity contribution in [3.63, 3.8) is 0 Å². The van der Waals surface area contributed by atoms with Gasteiger partial charge in [0.15, 0.2) is 5.78 Å². The average molecular weight is 392 g/mol. The molecule has 0 saturated heterocycles. The van der Waals surface area contributed by atoms with Gasteiger partial charge in [0.1, 0.15) is 36.6 Å². The highest BCUT2D eigenvalue weighted by atomic mass is 16.5. The van der Waals surface area contributed by atoms with E-state index in [1.54, 1.807) is 30.3 Å². The molecule has 0 aliphatic carbocycles. The van der Waals surface area contributed by atoms with Crippen LogP contribution in [-0.2, 0) is 0 Å². The van der Waals surface area contributed by atoms with Crippen molar-refractivity contribution in [1.29, 1.82) is 0 Å². The van der Waals surface area contributed by atoms with Crippen LogP contribution in [0.4, 0.5) is 0 Å². The number of aliphatic hydroxyl groups excluding tert-OH is 1. The first kappa shape index (κ1) is 20.4. The molecule has 0 aliphatic rings. The summed E-state index contributed by atoms with van der Waals surface area (Å²) in [5.74, 6) is 0.620. The summed E-state index contributed by atoms with van der Waals surface area (Å²) in [5.41, 5.74) is 2.87. The maximum absolute atomic E-state index is 12.5. The maximum atomic E-state index is 12.5. The van der Waals surface area contributed by atoms with Crippen molar-refractivity contribution in [2.45, 2.75) is 20.0 Å². The van der Waals surface area contributed by atoms with Gasteiger partial charge in [-0.25, -0.2) is 0 Å². The average Bonchev–Trinajstić information content (AvgIpc) is 2.70. The van der Waals surface area contributed by atoms with Crippen LogP contribution in [0.1, 0.15) is 27.0 Å². The van der Waals surface area contributed by atoms with Crippen LogP contribution in [0.25, 0.3) is 0 Å². The van der Waals surface area contributed by atoms with Gasteiger partial charge in [-0.05, 0) is 49.2 Å². The first-order valence-corrected chi connectivity index (χ1v) is 9.37. The van der Waals surface area contributed by atoms with Gasteiger partial charge in [-0.1, -0.05) is 36.4 Å². The van der Waals surface area contributed by atoms with Gasteiger partial charge in [-0.3, -0.25) is 4.79 Å². The minimum atomic E-state index is -0.844. The van der Waals surface area contributed by atoms with Gasteiger partial charge in [0, 0.05) is 11.6 Å². The second-order valence-corrected chi connectivity index (χ2v) is 6.97. The largest absolute Gasteiger partial charge is 0.507 e. The van der Waals surface area contributed by atoms with Crippen molar-refractivity contribution in [1.82, 2.24) is 0 Å². The van der Waals surface area contributed by atoms with Crippen molar-refractivity contribution >= 4 is 5.78 Å². The van der Waals surface area contributed by atoms with E-state index in [4.69, 9.17) is 9.47 Å². The first-order valence-electron chi connectivity index (χ1n) is 9.37. The standard InChI is InChI=1S/C24H24O5/c1-16-10-17(2)12-21(11-16)29-15-19(25)14-28-20-8-9-22(23(26)13-20)24(27)18-6-4-3-5-7-18/h3-13,19,25-26H,14-15H2,1-2H3. The number of carbonyl (C=O) groups is 1. The molecular formula is C24H24O5. The van der Waals surface area contributed by atoms with Gasteiger partial charge in [-0.2, -0.15) is 0 Å². The summed E-state index contributed by atoms with van der Waals surface area (Å²) in [4.78, 5) is 12.5. The predicted octanol–water partition coefficient (Wildman–Crippen LogP) is 4.06.